The van der Waals surface area contributed by atoms with E-state index in [1.165, 1.54) is 22.3 Å². The zero-order valence-corrected chi connectivity index (χ0v) is 18.2. The summed E-state index contributed by atoms with van der Waals surface area (Å²) < 4.78 is 0. The third-order valence-corrected chi connectivity index (χ3v) is 6.90. The van der Waals surface area contributed by atoms with E-state index in [1.807, 2.05) is 0 Å². The number of aliphatic hydroxyl groups is 2. The Hall–Kier alpha value is -1.06. The average Bonchev–Trinajstić information content (AvgIpc) is 3.18. The summed E-state index contributed by atoms with van der Waals surface area (Å²) in [7, 11) is 0. The van der Waals surface area contributed by atoms with E-state index < -0.39 is 0 Å². The summed E-state index contributed by atoms with van der Waals surface area (Å²) in [6, 6.07) is 17.3. The van der Waals surface area contributed by atoms with Gasteiger partial charge in [0.1, 0.15) is 0 Å². The van der Waals surface area contributed by atoms with E-state index in [9.17, 15) is 10.2 Å². The molecule has 0 aromatic heterocycles. The Balaban J connectivity index is 0.00000205. The molecule has 0 saturated carbocycles. The third-order valence-electron chi connectivity index (χ3n) is 6.90. The first-order chi connectivity index (χ1) is 13.7. The summed E-state index contributed by atoms with van der Waals surface area (Å²) in [4.78, 5) is 4.99. The van der Waals surface area contributed by atoms with Gasteiger partial charge in [0.15, 0.2) is 0 Å². The van der Waals surface area contributed by atoms with Gasteiger partial charge in [0.25, 0.3) is 0 Å². The number of hydrogen-bond acceptors (Lipinski definition) is 4. The molecule has 2 aliphatic carbocycles. The summed E-state index contributed by atoms with van der Waals surface area (Å²) in [6.45, 7) is 3.99. The smallest absolute Gasteiger partial charge is 0.0777 e. The van der Waals surface area contributed by atoms with Crippen molar-refractivity contribution in [3.8, 4) is 0 Å². The van der Waals surface area contributed by atoms with Gasteiger partial charge >= 0.3 is 0 Å². The summed E-state index contributed by atoms with van der Waals surface area (Å²) in [5.41, 5.74) is 5.23. The van der Waals surface area contributed by atoms with Gasteiger partial charge in [-0.2, -0.15) is 0 Å². The van der Waals surface area contributed by atoms with E-state index in [4.69, 9.17) is 0 Å². The molecule has 1 heterocycles. The van der Waals surface area contributed by atoms with Gasteiger partial charge in [0.05, 0.1) is 24.3 Å². The van der Waals surface area contributed by atoms with Crippen LogP contribution in [0.4, 0.5) is 0 Å². The molecule has 1 aliphatic heterocycles. The van der Waals surface area contributed by atoms with E-state index in [-0.39, 0.29) is 44.7 Å². The molecule has 5 heteroatoms. The maximum Gasteiger partial charge on any atom is 0.0777 e. The fourth-order valence-corrected chi connectivity index (χ4v) is 5.72. The molecule has 1 saturated heterocycles. The molecule has 0 radical (unpaired) electrons. The molecule has 0 amide bonds. The summed E-state index contributed by atoms with van der Waals surface area (Å²) in [6.07, 6.45) is 3.09. The predicted molar refractivity (Wildman–Crippen MR) is 110 cm³/mol. The maximum absolute atomic E-state index is 10.7. The minimum Gasteiger partial charge on any atom is -0.391 e. The van der Waals surface area contributed by atoms with Crippen molar-refractivity contribution in [2.24, 2.45) is 0 Å². The first kappa shape index (κ1) is 21.2. The van der Waals surface area contributed by atoms with E-state index >= 15 is 0 Å². The van der Waals surface area contributed by atoms with Crippen LogP contribution in [0.5, 0.6) is 0 Å². The second-order valence-corrected chi connectivity index (χ2v) is 8.61. The van der Waals surface area contributed by atoms with Gasteiger partial charge in [-0.25, -0.2) is 0 Å². The van der Waals surface area contributed by atoms with E-state index in [0.29, 0.717) is 0 Å². The molecule has 0 unspecified atom stereocenters. The first-order valence-electron chi connectivity index (χ1n) is 10.7. The Bertz CT molecular complexity index is 768. The standard InChI is InChI=1S/C24H30N2O2.Pd/c27-21-15-17-7-1-3-9-19(17)23(21)25-11-5-13-26(14-6-12-25)24-20-10-4-2-8-18(20)16-22(24)28;/h1-4,7-10,21-24,27-28H,5-6,11-16H2;/t21-,22-,23+,24+;/m1./s1. The Morgan fingerprint density at radius 3 is 1.41 bits per heavy atom. The van der Waals surface area contributed by atoms with Crippen molar-refractivity contribution in [3.63, 3.8) is 0 Å². The Kier molecular flexibility index (Phi) is 6.56. The topological polar surface area (TPSA) is 46.9 Å². The van der Waals surface area contributed by atoms with E-state index in [2.05, 4.69) is 58.3 Å². The van der Waals surface area contributed by atoms with Crippen molar-refractivity contribution >= 4 is 0 Å². The number of benzene rings is 2. The molecule has 2 N–H and O–H groups in total. The summed E-state index contributed by atoms with van der Waals surface area (Å²) in [5.74, 6) is 0. The third kappa shape index (κ3) is 3.97. The fourth-order valence-electron chi connectivity index (χ4n) is 5.72. The molecule has 2 aromatic carbocycles. The van der Waals surface area contributed by atoms with Crippen molar-refractivity contribution in [1.82, 2.24) is 9.80 Å². The molecule has 158 valence electrons. The van der Waals surface area contributed by atoms with Crippen molar-refractivity contribution in [3.05, 3.63) is 70.8 Å². The molecule has 29 heavy (non-hydrogen) atoms. The van der Waals surface area contributed by atoms with Gasteiger partial charge in [0.2, 0.25) is 0 Å². The van der Waals surface area contributed by atoms with Crippen LogP contribution in [0.3, 0.4) is 0 Å². The van der Waals surface area contributed by atoms with Crippen LogP contribution in [0.2, 0.25) is 0 Å². The van der Waals surface area contributed by atoms with Crippen molar-refractivity contribution in [2.75, 3.05) is 26.2 Å². The molecule has 4 atom stereocenters. The van der Waals surface area contributed by atoms with Gasteiger partial charge in [-0.1, -0.05) is 48.5 Å². The van der Waals surface area contributed by atoms with Crippen LogP contribution < -0.4 is 0 Å². The van der Waals surface area contributed by atoms with Gasteiger partial charge in [-0.05, 0) is 35.1 Å². The predicted octanol–water partition coefficient (Wildman–Crippen LogP) is 2.70. The quantitative estimate of drug-likeness (QED) is 0.644. The van der Waals surface area contributed by atoms with Crippen LogP contribution in [0.15, 0.2) is 48.5 Å². The SMILES string of the molecule is O[C@@H]1Cc2ccccc2[C@@H]1N1CCCN([C@H]2c3ccccc3C[C@H]2O)CCC1.[Pd]. The molecule has 0 spiro atoms. The number of rotatable bonds is 2. The van der Waals surface area contributed by atoms with Crippen molar-refractivity contribution < 1.29 is 30.6 Å². The second-order valence-electron chi connectivity index (χ2n) is 8.61. The Morgan fingerprint density at radius 2 is 1.00 bits per heavy atom. The zero-order chi connectivity index (χ0) is 19.1. The molecule has 3 aliphatic rings. The minimum absolute atomic E-state index is 0. The van der Waals surface area contributed by atoms with Crippen LogP contribution in [0.25, 0.3) is 0 Å². The number of hydrogen-bond donors (Lipinski definition) is 2. The summed E-state index contributed by atoms with van der Waals surface area (Å²) in [5, 5.41) is 21.4. The minimum atomic E-state index is -0.295. The maximum atomic E-state index is 10.7. The number of aliphatic hydroxyl groups excluding tert-OH is 2. The van der Waals surface area contributed by atoms with Gasteiger partial charge in [-0.3, -0.25) is 9.80 Å². The molecule has 5 rings (SSSR count). The monoisotopic (exact) mass is 484 g/mol. The van der Waals surface area contributed by atoms with Crippen LogP contribution in [-0.2, 0) is 33.3 Å². The van der Waals surface area contributed by atoms with Gasteiger partial charge < -0.3 is 10.2 Å². The van der Waals surface area contributed by atoms with Crippen molar-refractivity contribution in [1.29, 1.82) is 0 Å². The Morgan fingerprint density at radius 1 is 0.621 bits per heavy atom. The normalized spacial score (nSPS) is 30.1. The largest absolute Gasteiger partial charge is 0.391 e. The zero-order valence-electron chi connectivity index (χ0n) is 16.7. The van der Waals surface area contributed by atoms with Crippen LogP contribution in [-0.4, -0.2) is 58.4 Å². The number of nitrogens with zero attached hydrogens (tertiary/aromatic N) is 2. The van der Waals surface area contributed by atoms with Gasteiger partial charge in [0, 0.05) is 59.4 Å². The van der Waals surface area contributed by atoms with E-state index in [1.54, 1.807) is 0 Å². The van der Waals surface area contributed by atoms with Gasteiger partial charge in [-0.15, -0.1) is 0 Å². The van der Waals surface area contributed by atoms with Crippen LogP contribution in [0.1, 0.15) is 47.2 Å². The molecular weight excluding hydrogens is 455 g/mol. The molecular formula is C24H30N2O2Pd. The Labute approximate surface area is 187 Å². The first-order valence-corrected chi connectivity index (χ1v) is 10.7. The fraction of sp³-hybridized carbons (Fsp3) is 0.500. The molecule has 4 nitrogen and oxygen atoms in total. The second kappa shape index (κ2) is 8.98. The average molecular weight is 485 g/mol. The molecule has 1 fully saturated rings. The molecule has 2 aromatic rings. The van der Waals surface area contributed by atoms with Crippen LogP contribution >= 0.6 is 0 Å². The van der Waals surface area contributed by atoms with Crippen LogP contribution in [0, 0.1) is 0 Å². The van der Waals surface area contributed by atoms with Crippen molar-refractivity contribution in [2.45, 2.75) is 50.0 Å². The van der Waals surface area contributed by atoms with E-state index in [0.717, 1.165) is 51.9 Å². The summed E-state index contributed by atoms with van der Waals surface area (Å²) >= 11 is 0. The molecule has 0 bridgehead atoms. The number of fused-ring (bicyclic) bond motifs is 2.